The van der Waals surface area contributed by atoms with Crippen LogP contribution in [0.25, 0.3) is 0 Å². The second kappa shape index (κ2) is 6.03. The number of alkyl halides is 3. The topological polar surface area (TPSA) is 62.2 Å². The van der Waals surface area contributed by atoms with E-state index >= 15 is 0 Å². The third-order valence-corrected chi connectivity index (χ3v) is 3.01. The molecule has 2 N–H and O–H groups in total. The van der Waals surface area contributed by atoms with Gasteiger partial charge in [-0.1, -0.05) is 19.8 Å². The van der Waals surface area contributed by atoms with E-state index in [9.17, 15) is 18.0 Å². The van der Waals surface area contributed by atoms with Crippen LogP contribution in [0.15, 0.2) is 5.38 Å². The number of hydrogen-bond donors (Lipinski definition) is 2. The number of aromatic nitrogens is 1. The predicted molar refractivity (Wildman–Crippen MR) is 61.7 cm³/mol. The van der Waals surface area contributed by atoms with Gasteiger partial charge in [0.2, 0.25) is 0 Å². The van der Waals surface area contributed by atoms with E-state index in [1.165, 1.54) is 0 Å². The van der Waals surface area contributed by atoms with Crippen LogP contribution < -0.4 is 5.32 Å². The van der Waals surface area contributed by atoms with Crippen LogP contribution in [0.1, 0.15) is 31.9 Å². The number of carboxylic acid groups (broad SMARTS) is 1. The van der Waals surface area contributed by atoms with Crippen LogP contribution in [0.2, 0.25) is 0 Å². The molecular formula is C10H13F3N2O2S. The summed E-state index contributed by atoms with van der Waals surface area (Å²) in [6.45, 7) is 1.91. The fourth-order valence-electron chi connectivity index (χ4n) is 1.28. The van der Waals surface area contributed by atoms with Gasteiger partial charge in [0.15, 0.2) is 10.8 Å². The summed E-state index contributed by atoms with van der Waals surface area (Å²) in [5.74, 6) is -1.09. The van der Waals surface area contributed by atoms with Gasteiger partial charge in [0.1, 0.15) is 6.04 Å². The van der Waals surface area contributed by atoms with Gasteiger partial charge >= 0.3 is 12.1 Å². The lowest BCUT2D eigenvalue weighted by Crippen LogP contribution is -2.29. The van der Waals surface area contributed by atoms with E-state index < -0.39 is 23.9 Å². The minimum absolute atomic E-state index is 0.0224. The highest BCUT2D eigenvalue weighted by Gasteiger charge is 2.34. The van der Waals surface area contributed by atoms with Crippen LogP contribution >= 0.6 is 11.3 Å². The van der Waals surface area contributed by atoms with Crippen molar-refractivity contribution in [3.8, 4) is 0 Å². The van der Waals surface area contributed by atoms with Gasteiger partial charge in [-0.25, -0.2) is 9.78 Å². The second-order valence-corrected chi connectivity index (χ2v) is 4.57. The van der Waals surface area contributed by atoms with Crippen molar-refractivity contribution >= 4 is 22.4 Å². The van der Waals surface area contributed by atoms with Crippen LogP contribution in [0.5, 0.6) is 0 Å². The number of carbonyl (C=O) groups is 1. The van der Waals surface area contributed by atoms with Gasteiger partial charge in [0.25, 0.3) is 0 Å². The zero-order valence-electron chi connectivity index (χ0n) is 9.62. The van der Waals surface area contributed by atoms with Crippen molar-refractivity contribution in [2.24, 2.45) is 0 Å². The van der Waals surface area contributed by atoms with E-state index in [4.69, 9.17) is 5.11 Å². The van der Waals surface area contributed by atoms with Crippen LogP contribution in [0, 0.1) is 0 Å². The smallest absolute Gasteiger partial charge is 0.434 e. The maximum absolute atomic E-state index is 12.3. The van der Waals surface area contributed by atoms with Gasteiger partial charge in [-0.3, -0.25) is 0 Å². The van der Waals surface area contributed by atoms with Gasteiger partial charge < -0.3 is 10.4 Å². The minimum Gasteiger partial charge on any atom is -0.480 e. The summed E-state index contributed by atoms with van der Waals surface area (Å²) in [5, 5.41) is 12.3. The molecule has 0 spiro atoms. The Morgan fingerprint density at radius 2 is 2.28 bits per heavy atom. The number of unbranched alkanes of at least 4 members (excludes halogenated alkanes) is 1. The normalized spacial score (nSPS) is 13.3. The van der Waals surface area contributed by atoms with E-state index in [2.05, 4.69) is 10.3 Å². The molecular weight excluding hydrogens is 269 g/mol. The van der Waals surface area contributed by atoms with Crippen LogP contribution in [0.3, 0.4) is 0 Å². The first-order valence-electron chi connectivity index (χ1n) is 5.36. The summed E-state index contributed by atoms with van der Waals surface area (Å²) in [7, 11) is 0. The zero-order chi connectivity index (χ0) is 13.8. The average molecular weight is 282 g/mol. The lowest BCUT2D eigenvalue weighted by atomic mass is 10.1. The Balaban J connectivity index is 2.69. The van der Waals surface area contributed by atoms with Crippen molar-refractivity contribution in [1.29, 1.82) is 0 Å². The summed E-state index contributed by atoms with van der Waals surface area (Å²) in [5.41, 5.74) is -1.00. The Morgan fingerprint density at radius 3 is 2.72 bits per heavy atom. The third kappa shape index (κ3) is 4.17. The molecule has 0 aromatic carbocycles. The minimum atomic E-state index is -4.50. The first kappa shape index (κ1) is 14.7. The van der Waals surface area contributed by atoms with Crippen molar-refractivity contribution in [3.63, 3.8) is 0 Å². The Kier molecular flexibility index (Phi) is 4.94. The van der Waals surface area contributed by atoms with Gasteiger partial charge in [-0.05, 0) is 6.42 Å². The van der Waals surface area contributed by atoms with E-state index in [0.29, 0.717) is 12.8 Å². The molecule has 102 valence electrons. The summed E-state index contributed by atoms with van der Waals surface area (Å²) < 4.78 is 36.9. The van der Waals surface area contributed by atoms with E-state index in [0.717, 1.165) is 23.1 Å². The molecule has 0 amide bonds. The van der Waals surface area contributed by atoms with Gasteiger partial charge in [0.05, 0.1) is 0 Å². The number of hydrogen-bond acceptors (Lipinski definition) is 4. The lowest BCUT2D eigenvalue weighted by Gasteiger charge is -2.12. The number of nitrogens with one attached hydrogen (secondary N) is 1. The molecule has 0 bridgehead atoms. The van der Waals surface area contributed by atoms with Crippen molar-refractivity contribution < 1.29 is 23.1 Å². The highest BCUT2D eigenvalue weighted by Crippen LogP contribution is 2.31. The fraction of sp³-hybridized carbons (Fsp3) is 0.600. The Labute approximate surface area is 106 Å². The Morgan fingerprint density at radius 1 is 1.61 bits per heavy atom. The molecule has 0 unspecified atom stereocenters. The molecule has 0 aliphatic rings. The van der Waals surface area contributed by atoms with Crippen LogP contribution in [-0.2, 0) is 11.0 Å². The Bertz CT molecular complexity index is 406. The average Bonchev–Trinajstić information content (AvgIpc) is 2.71. The highest BCUT2D eigenvalue weighted by molar-refractivity contribution is 7.13. The number of rotatable bonds is 6. The zero-order valence-corrected chi connectivity index (χ0v) is 10.4. The molecule has 0 fully saturated rings. The van der Waals surface area contributed by atoms with Crippen molar-refractivity contribution in [1.82, 2.24) is 4.98 Å². The predicted octanol–water partition coefficient (Wildman–Crippen LogP) is 3.22. The van der Waals surface area contributed by atoms with Crippen molar-refractivity contribution in [2.75, 3.05) is 5.32 Å². The molecule has 0 saturated heterocycles. The number of aliphatic carboxylic acids is 1. The number of thiazole rings is 1. The number of anilines is 1. The monoisotopic (exact) mass is 282 g/mol. The van der Waals surface area contributed by atoms with Crippen LogP contribution in [-0.4, -0.2) is 22.1 Å². The molecule has 1 aromatic rings. The summed E-state index contributed by atoms with van der Waals surface area (Å²) in [6, 6.07) is -0.905. The number of carboxylic acids is 1. The maximum Gasteiger partial charge on any atom is 0.434 e. The van der Waals surface area contributed by atoms with Crippen molar-refractivity contribution in [3.05, 3.63) is 11.1 Å². The van der Waals surface area contributed by atoms with Crippen molar-refractivity contribution in [2.45, 2.75) is 38.4 Å². The molecule has 0 saturated carbocycles. The molecule has 0 aliphatic carbocycles. The van der Waals surface area contributed by atoms with Gasteiger partial charge in [-0.15, -0.1) is 11.3 Å². The maximum atomic E-state index is 12.3. The van der Waals surface area contributed by atoms with Gasteiger partial charge in [0, 0.05) is 5.38 Å². The quantitative estimate of drug-likeness (QED) is 0.841. The molecule has 1 rings (SSSR count). The number of halogens is 3. The fourth-order valence-corrected chi connectivity index (χ4v) is 2.06. The molecule has 18 heavy (non-hydrogen) atoms. The molecule has 0 radical (unpaired) electrons. The van der Waals surface area contributed by atoms with Crippen LogP contribution in [0.4, 0.5) is 18.3 Å². The summed E-state index contributed by atoms with van der Waals surface area (Å²) in [6.07, 6.45) is -2.65. The van der Waals surface area contributed by atoms with E-state index in [1.54, 1.807) is 0 Å². The van der Waals surface area contributed by atoms with Gasteiger partial charge in [-0.2, -0.15) is 13.2 Å². The van der Waals surface area contributed by atoms with E-state index in [-0.39, 0.29) is 5.13 Å². The summed E-state index contributed by atoms with van der Waals surface area (Å²) >= 11 is 0.750. The third-order valence-electron chi connectivity index (χ3n) is 2.24. The first-order valence-corrected chi connectivity index (χ1v) is 6.24. The second-order valence-electron chi connectivity index (χ2n) is 3.71. The summed E-state index contributed by atoms with van der Waals surface area (Å²) in [4.78, 5) is 14.2. The SMILES string of the molecule is CCCC[C@H](Nc1nc(C(F)(F)F)cs1)C(=O)O. The molecule has 1 heterocycles. The largest absolute Gasteiger partial charge is 0.480 e. The first-order chi connectivity index (χ1) is 8.34. The molecule has 1 aromatic heterocycles. The van der Waals surface area contributed by atoms with E-state index in [1.807, 2.05) is 6.92 Å². The number of nitrogens with zero attached hydrogens (tertiary/aromatic N) is 1. The lowest BCUT2D eigenvalue weighted by molar-refractivity contribution is -0.140. The molecule has 4 nitrogen and oxygen atoms in total. The Hall–Kier alpha value is -1.31. The molecule has 8 heteroatoms. The molecule has 0 aliphatic heterocycles. The standard InChI is InChI=1S/C10H13F3N2O2S/c1-2-3-4-6(8(16)17)14-9-15-7(5-18-9)10(11,12)13/h5-6H,2-4H2,1H3,(H,14,15)(H,16,17)/t6-/m0/s1. The molecule has 1 atom stereocenters. The highest BCUT2D eigenvalue weighted by atomic mass is 32.1.